The summed E-state index contributed by atoms with van der Waals surface area (Å²) in [6.45, 7) is 1.82. The topological polar surface area (TPSA) is 70.9 Å². The monoisotopic (exact) mass is 257 g/mol. The molecule has 0 saturated carbocycles. The summed E-state index contributed by atoms with van der Waals surface area (Å²) in [6.07, 6.45) is 3.28. The Morgan fingerprint density at radius 2 is 2.26 bits per heavy atom. The Labute approximate surface area is 112 Å². The maximum atomic E-state index is 11.2. The van der Waals surface area contributed by atoms with Crippen LogP contribution in [-0.4, -0.2) is 16.9 Å². The molecule has 0 spiro atoms. The number of aryl methyl sites for hydroxylation is 1. The normalized spacial score (nSPS) is 20.2. The average Bonchev–Trinajstić information content (AvgIpc) is 2.78. The fourth-order valence-electron chi connectivity index (χ4n) is 2.97. The number of nitrogens with one attached hydrogen (secondary N) is 2. The highest BCUT2D eigenvalue weighted by molar-refractivity contribution is 5.85. The third kappa shape index (κ3) is 2.12. The van der Waals surface area contributed by atoms with E-state index in [0.717, 1.165) is 19.3 Å². The second-order valence-electron chi connectivity index (χ2n) is 5.30. The van der Waals surface area contributed by atoms with Gasteiger partial charge in [-0.2, -0.15) is 0 Å². The average molecular weight is 257 g/mol. The molecule has 2 aromatic rings. The van der Waals surface area contributed by atoms with E-state index in [0.29, 0.717) is 0 Å². The van der Waals surface area contributed by atoms with E-state index in [1.807, 2.05) is 13.0 Å². The van der Waals surface area contributed by atoms with Gasteiger partial charge in [0.1, 0.15) is 0 Å². The molecule has 0 bridgehead atoms. The first kappa shape index (κ1) is 12.2. The number of hydrogen-bond acceptors (Lipinski definition) is 2. The number of nitrogens with two attached hydrogens (primary N) is 1. The molecule has 19 heavy (non-hydrogen) atoms. The number of aromatic amines is 1. The first-order valence-electron chi connectivity index (χ1n) is 6.81. The first-order valence-corrected chi connectivity index (χ1v) is 6.81. The number of rotatable bonds is 3. The zero-order valence-electron chi connectivity index (χ0n) is 11.1. The highest BCUT2D eigenvalue weighted by Gasteiger charge is 2.26. The minimum Gasteiger partial charge on any atom is -0.368 e. The van der Waals surface area contributed by atoms with Crippen LogP contribution in [0.25, 0.3) is 10.9 Å². The van der Waals surface area contributed by atoms with Crippen molar-refractivity contribution in [2.24, 2.45) is 5.73 Å². The van der Waals surface area contributed by atoms with Crippen molar-refractivity contribution in [2.45, 2.75) is 38.3 Å². The highest BCUT2D eigenvalue weighted by atomic mass is 16.1. The molecule has 2 atom stereocenters. The fourth-order valence-corrected chi connectivity index (χ4v) is 2.97. The van der Waals surface area contributed by atoms with Crippen LogP contribution >= 0.6 is 0 Å². The number of amides is 1. The number of H-pyrrole nitrogens is 1. The molecule has 100 valence electrons. The van der Waals surface area contributed by atoms with Gasteiger partial charge in [-0.25, -0.2) is 0 Å². The van der Waals surface area contributed by atoms with Crippen LogP contribution in [0.1, 0.15) is 37.1 Å². The van der Waals surface area contributed by atoms with Crippen LogP contribution < -0.4 is 11.1 Å². The van der Waals surface area contributed by atoms with Crippen molar-refractivity contribution in [1.82, 2.24) is 10.3 Å². The van der Waals surface area contributed by atoms with Gasteiger partial charge in [0.15, 0.2) is 0 Å². The lowest BCUT2D eigenvalue weighted by atomic mass is 9.91. The summed E-state index contributed by atoms with van der Waals surface area (Å²) in [5.74, 6) is -0.303. The Bertz CT molecular complexity index is 617. The summed E-state index contributed by atoms with van der Waals surface area (Å²) in [6, 6.07) is 8.26. The van der Waals surface area contributed by atoms with Gasteiger partial charge in [-0.15, -0.1) is 0 Å². The lowest BCUT2D eigenvalue weighted by Gasteiger charge is -2.26. The molecule has 1 aromatic heterocycles. The van der Waals surface area contributed by atoms with E-state index in [9.17, 15) is 4.79 Å². The largest absolute Gasteiger partial charge is 0.368 e. The predicted octanol–water partition coefficient (Wildman–Crippen LogP) is 2.01. The van der Waals surface area contributed by atoms with Crippen molar-refractivity contribution >= 4 is 16.8 Å². The molecule has 0 fully saturated rings. The number of fused-ring (bicyclic) bond motifs is 3. The summed E-state index contributed by atoms with van der Waals surface area (Å²) < 4.78 is 0. The summed E-state index contributed by atoms with van der Waals surface area (Å²) >= 11 is 0. The van der Waals surface area contributed by atoms with Gasteiger partial charge in [0, 0.05) is 22.6 Å². The lowest BCUT2D eigenvalue weighted by Crippen LogP contribution is -2.41. The summed E-state index contributed by atoms with van der Waals surface area (Å²) in [5, 5.41) is 4.63. The van der Waals surface area contributed by atoms with E-state index in [1.54, 1.807) is 0 Å². The molecule has 1 aromatic carbocycles. The maximum absolute atomic E-state index is 11.2. The number of carbonyl (C=O) groups is 1. The van der Waals surface area contributed by atoms with Crippen LogP contribution in [0.4, 0.5) is 0 Å². The molecular weight excluding hydrogens is 238 g/mol. The Hall–Kier alpha value is -1.81. The van der Waals surface area contributed by atoms with Crippen LogP contribution in [0.2, 0.25) is 0 Å². The number of benzene rings is 1. The molecule has 1 aliphatic rings. The number of carbonyl (C=O) groups excluding carboxylic acids is 1. The standard InChI is InChI=1S/C15H19N3O/c1-9(15(16)19)17-13-8-4-6-11-10-5-2-3-7-12(10)18-14(11)13/h2-3,5,7,9,13,17-18H,4,6,8H2,1H3,(H2,16,19). The van der Waals surface area contributed by atoms with Gasteiger partial charge in [0.2, 0.25) is 5.91 Å². The number of para-hydroxylation sites is 1. The van der Waals surface area contributed by atoms with Crippen molar-refractivity contribution in [2.75, 3.05) is 0 Å². The molecule has 1 amide bonds. The Morgan fingerprint density at radius 1 is 1.47 bits per heavy atom. The van der Waals surface area contributed by atoms with Gasteiger partial charge in [-0.1, -0.05) is 18.2 Å². The zero-order chi connectivity index (χ0) is 13.4. The Balaban J connectivity index is 1.98. The first-order chi connectivity index (χ1) is 9.16. The van der Waals surface area contributed by atoms with Crippen LogP contribution in [0.5, 0.6) is 0 Å². The van der Waals surface area contributed by atoms with Crippen LogP contribution in [-0.2, 0) is 11.2 Å². The molecule has 4 nitrogen and oxygen atoms in total. The Morgan fingerprint density at radius 3 is 3.05 bits per heavy atom. The molecule has 1 heterocycles. The smallest absolute Gasteiger partial charge is 0.234 e. The summed E-state index contributed by atoms with van der Waals surface area (Å²) in [4.78, 5) is 14.7. The highest BCUT2D eigenvalue weighted by Crippen LogP contribution is 2.34. The van der Waals surface area contributed by atoms with Crippen LogP contribution in [0, 0.1) is 0 Å². The second-order valence-corrected chi connectivity index (χ2v) is 5.30. The van der Waals surface area contributed by atoms with Crippen molar-refractivity contribution < 1.29 is 4.79 Å². The molecule has 1 aliphatic carbocycles. The van der Waals surface area contributed by atoms with Crippen molar-refractivity contribution in [3.63, 3.8) is 0 Å². The number of primary amides is 1. The van der Waals surface area contributed by atoms with Crippen molar-refractivity contribution in [1.29, 1.82) is 0 Å². The van der Waals surface area contributed by atoms with Gasteiger partial charge in [-0.3, -0.25) is 10.1 Å². The van der Waals surface area contributed by atoms with Crippen molar-refractivity contribution in [3.05, 3.63) is 35.5 Å². The molecule has 0 saturated heterocycles. The SMILES string of the molecule is CC(NC1CCCc2c1[nH]c1ccccc21)C(N)=O. The fraction of sp³-hybridized carbons (Fsp3) is 0.400. The molecule has 4 N–H and O–H groups in total. The second kappa shape index (κ2) is 4.70. The molecule has 3 rings (SSSR count). The summed E-state index contributed by atoms with van der Waals surface area (Å²) in [5.41, 5.74) is 9.12. The molecular formula is C15H19N3O. The maximum Gasteiger partial charge on any atom is 0.234 e. The van der Waals surface area contributed by atoms with E-state index in [1.165, 1.54) is 22.2 Å². The zero-order valence-corrected chi connectivity index (χ0v) is 11.1. The molecule has 0 aliphatic heterocycles. The number of hydrogen-bond donors (Lipinski definition) is 3. The van der Waals surface area contributed by atoms with Gasteiger partial charge < -0.3 is 10.7 Å². The van der Waals surface area contributed by atoms with E-state index in [-0.39, 0.29) is 18.0 Å². The van der Waals surface area contributed by atoms with Gasteiger partial charge in [0.25, 0.3) is 0 Å². The van der Waals surface area contributed by atoms with Gasteiger partial charge in [0.05, 0.1) is 6.04 Å². The van der Waals surface area contributed by atoms with E-state index < -0.39 is 0 Å². The third-order valence-corrected chi connectivity index (χ3v) is 3.99. The quantitative estimate of drug-likeness (QED) is 0.787. The predicted molar refractivity (Wildman–Crippen MR) is 75.8 cm³/mol. The molecule has 0 radical (unpaired) electrons. The van der Waals surface area contributed by atoms with Crippen molar-refractivity contribution in [3.8, 4) is 0 Å². The minimum atomic E-state index is -0.303. The van der Waals surface area contributed by atoms with Gasteiger partial charge in [-0.05, 0) is 37.8 Å². The summed E-state index contributed by atoms with van der Waals surface area (Å²) in [7, 11) is 0. The number of aromatic nitrogens is 1. The minimum absolute atomic E-state index is 0.193. The van der Waals surface area contributed by atoms with E-state index in [2.05, 4.69) is 28.5 Å². The van der Waals surface area contributed by atoms with E-state index in [4.69, 9.17) is 5.73 Å². The molecule has 4 heteroatoms. The van der Waals surface area contributed by atoms with Crippen LogP contribution in [0.15, 0.2) is 24.3 Å². The van der Waals surface area contributed by atoms with Gasteiger partial charge >= 0.3 is 0 Å². The molecule has 2 unspecified atom stereocenters. The van der Waals surface area contributed by atoms with Crippen LogP contribution in [0.3, 0.4) is 0 Å². The third-order valence-electron chi connectivity index (χ3n) is 3.99. The van der Waals surface area contributed by atoms with E-state index >= 15 is 0 Å². The lowest BCUT2D eigenvalue weighted by molar-refractivity contribution is -0.119. The Kier molecular flexibility index (Phi) is 3.03.